The van der Waals surface area contributed by atoms with Crippen molar-refractivity contribution >= 4 is 11.6 Å². The Morgan fingerprint density at radius 1 is 1.18 bits per heavy atom. The molecule has 1 aromatic carbocycles. The van der Waals surface area contributed by atoms with E-state index in [4.69, 9.17) is 20.8 Å². The number of nitrogens with one attached hydrogen (secondary N) is 1. The lowest BCUT2D eigenvalue weighted by Crippen LogP contribution is -2.12. The molecule has 1 heterocycles. The Hall–Kier alpha value is -1.45. The van der Waals surface area contributed by atoms with Gasteiger partial charge in [-0.1, -0.05) is 18.2 Å². The predicted molar refractivity (Wildman–Crippen MR) is 67.3 cm³/mol. The maximum Gasteiger partial charge on any atom is 0.193 e. The highest BCUT2D eigenvalue weighted by molar-refractivity contribution is 6.28. The second-order valence-electron chi connectivity index (χ2n) is 3.62. The molecule has 0 fully saturated rings. The van der Waals surface area contributed by atoms with Gasteiger partial charge in [-0.2, -0.15) is 0 Å². The summed E-state index contributed by atoms with van der Waals surface area (Å²) in [6, 6.07) is 11.5. The monoisotopic (exact) mass is 251 g/mol. The van der Waals surface area contributed by atoms with Crippen LogP contribution in [0.3, 0.4) is 0 Å². The fourth-order valence-electron chi connectivity index (χ4n) is 1.62. The number of benzene rings is 1. The van der Waals surface area contributed by atoms with E-state index in [-0.39, 0.29) is 0 Å². The zero-order valence-electron chi connectivity index (χ0n) is 9.57. The van der Waals surface area contributed by atoms with Crippen molar-refractivity contribution in [3.63, 3.8) is 0 Å². The van der Waals surface area contributed by atoms with Gasteiger partial charge in [0.1, 0.15) is 11.5 Å². The van der Waals surface area contributed by atoms with Gasteiger partial charge in [0.15, 0.2) is 5.22 Å². The Bertz CT molecular complexity index is 482. The van der Waals surface area contributed by atoms with E-state index in [2.05, 4.69) is 5.32 Å². The van der Waals surface area contributed by atoms with Crippen molar-refractivity contribution in [2.45, 2.75) is 13.1 Å². The summed E-state index contributed by atoms with van der Waals surface area (Å²) in [6.45, 7) is 1.37. The van der Waals surface area contributed by atoms with Gasteiger partial charge in [0.2, 0.25) is 0 Å². The van der Waals surface area contributed by atoms with E-state index in [0.29, 0.717) is 11.8 Å². The van der Waals surface area contributed by atoms with Crippen LogP contribution in [-0.2, 0) is 13.1 Å². The first-order valence-electron chi connectivity index (χ1n) is 5.36. The summed E-state index contributed by atoms with van der Waals surface area (Å²) in [5, 5.41) is 3.69. The van der Waals surface area contributed by atoms with Crippen LogP contribution in [-0.4, -0.2) is 7.11 Å². The molecule has 1 N–H and O–H groups in total. The minimum absolute atomic E-state index is 0.416. The van der Waals surface area contributed by atoms with E-state index in [9.17, 15) is 0 Å². The van der Waals surface area contributed by atoms with Gasteiger partial charge in [-0.3, -0.25) is 0 Å². The number of rotatable bonds is 5. The first kappa shape index (κ1) is 12.0. The predicted octanol–water partition coefficient (Wildman–Crippen LogP) is 3.23. The van der Waals surface area contributed by atoms with Gasteiger partial charge in [-0.05, 0) is 29.8 Å². The van der Waals surface area contributed by atoms with Crippen molar-refractivity contribution in [1.29, 1.82) is 0 Å². The average Bonchev–Trinajstić information content (AvgIpc) is 2.76. The van der Waals surface area contributed by atoms with E-state index in [1.807, 2.05) is 30.3 Å². The fraction of sp³-hybridized carbons (Fsp3) is 0.231. The van der Waals surface area contributed by atoms with Gasteiger partial charge < -0.3 is 14.5 Å². The normalized spacial score (nSPS) is 10.5. The van der Waals surface area contributed by atoms with Crippen molar-refractivity contribution in [1.82, 2.24) is 5.32 Å². The summed E-state index contributed by atoms with van der Waals surface area (Å²) in [5.41, 5.74) is 1.12. The highest BCUT2D eigenvalue weighted by atomic mass is 35.5. The minimum Gasteiger partial charge on any atom is -0.496 e. The topological polar surface area (TPSA) is 34.4 Å². The highest BCUT2D eigenvalue weighted by Crippen LogP contribution is 2.17. The van der Waals surface area contributed by atoms with E-state index in [0.717, 1.165) is 23.6 Å². The molecule has 0 amide bonds. The number of methoxy groups -OCH3 is 1. The zero-order valence-corrected chi connectivity index (χ0v) is 10.3. The Kier molecular flexibility index (Phi) is 4.07. The van der Waals surface area contributed by atoms with Crippen molar-refractivity contribution in [3.8, 4) is 5.75 Å². The first-order chi connectivity index (χ1) is 8.29. The van der Waals surface area contributed by atoms with E-state index in [1.165, 1.54) is 0 Å². The molecular formula is C13H14ClNO2. The molecule has 0 aliphatic rings. The fourth-order valence-corrected chi connectivity index (χ4v) is 1.78. The minimum atomic E-state index is 0.416. The molecule has 17 heavy (non-hydrogen) atoms. The molecule has 0 aliphatic carbocycles. The molecular weight excluding hydrogens is 238 g/mol. The number of halogens is 1. The third kappa shape index (κ3) is 3.25. The van der Waals surface area contributed by atoms with Crippen LogP contribution in [0.1, 0.15) is 11.3 Å². The Balaban J connectivity index is 1.89. The lowest BCUT2D eigenvalue weighted by molar-refractivity contribution is 0.406. The lowest BCUT2D eigenvalue weighted by Gasteiger charge is -2.08. The van der Waals surface area contributed by atoms with Crippen LogP contribution in [0, 0.1) is 0 Å². The van der Waals surface area contributed by atoms with Gasteiger partial charge in [-0.25, -0.2) is 0 Å². The van der Waals surface area contributed by atoms with Crippen LogP contribution in [0.2, 0.25) is 5.22 Å². The molecule has 0 aliphatic heterocycles. The molecule has 0 bridgehead atoms. The number of furan rings is 1. The highest BCUT2D eigenvalue weighted by Gasteiger charge is 2.02. The third-order valence-electron chi connectivity index (χ3n) is 2.44. The van der Waals surface area contributed by atoms with Gasteiger partial charge in [0.25, 0.3) is 0 Å². The number of hydrogen-bond donors (Lipinski definition) is 1. The SMILES string of the molecule is COc1ccccc1CNCc1ccc(Cl)o1. The quantitative estimate of drug-likeness (QED) is 0.886. The summed E-state index contributed by atoms with van der Waals surface area (Å²) in [4.78, 5) is 0. The van der Waals surface area contributed by atoms with Gasteiger partial charge >= 0.3 is 0 Å². The van der Waals surface area contributed by atoms with Crippen LogP contribution in [0.15, 0.2) is 40.8 Å². The molecule has 0 unspecified atom stereocenters. The van der Waals surface area contributed by atoms with Gasteiger partial charge in [-0.15, -0.1) is 0 Å². The first-order valence-corrected chi connectivity index (χ1v) is 5.74. The smallest absolute Gasteiger partial charge is 0.193 e. The molecule has 0 radical (unpaired) electrons. The number of para-hydroxylation sites is 1. The molecule has 2 aromatic rings. The van der Waals surface area contributed by atoms with Crippen LogP contribution in [0.25, 0.3) is 0 Å². The molecule has 90 valence electrons. The molecule has 1 aromatic heterocycles. The number of hydrogen-bond acceptors (Lipinski definition) is 3. The van der Waals surface area contributed by atoms with E-state index >= 15 is 0 Å². The summed E-state index contributed by atoms with van der Waals surface area (Å²) < 4.78 is 10.5. The largest absolute Gasteiger partial charge is 0.496 e. The number of ether oxygens (including phenoxy) is 1. The summed E-state index contributed by atoms with van der Waals surface area (Å²) in [6.07, 6.45) is 0. The Morgan fingerprint density at radius 3 is 2.71 bits per heavy atom. The van der Waals surface area contributed by atoms with Gasteiger partial charge in [0, 0.05) is 12.1 Å². The van der Waals surface area contributed by atoms with Crippen molar-refractivity contribution in [2.75, 3.05) is 7.11 Å². The van der Waals surface area contributed by atoms with E-state index in [1.54, 1.807) is 13.2 Å². The summed E-state index contributed by atoms with van der Waals surface area (Å²) in [5.74, 6) is 1.71. The third-order valence-corrected chi connectivity index (χ3v) is 2.64. The molecule has 3 nitrogen and oxygen atoms in total. The van der Waals surface area contributed by atoms with Gasteiger partial charge in [0.05, 0.1) is 13.7 Å². The molecule has 0 saturated carbocycles. The summed E-state index contributed by atoms with van der Waals surface area (Å²) in [7, 11) is 1.67. The maximum atomic E-state index is 5.69. The van der Waals surface area contributed by atoms with Crippen LogP contribution in [0.4, 0.5) is 0 Å². The van der Waals surface area contributed by atoms with Crippen LogP contribution in [0.5, 0.6) is 5.75 Å². The average molecular weight is 252 g/mol. The van der Waals surface area contributed by atoms with Crippen molar-refractivity contribution < 1.29 is 9.15 Å². The lowest BCUT2D eigenvalue weighted by atomic mass is 10.2. The molecule has 0 saturated heterocycles. The Labute approximate surface area is 105 Å². The van der Waals surface area contributed by atoms with Crippen molar-refractivity contribution in [3.05, 3.63) is 52.9 Å². The maximum absolute atomic E-state index is 5.69. The second kappa shape index (κ2) is 5.75. The Morgan fingerprint density at radius 2 is 2.00 bits per heavy atom. The van der Waals surface area contributed by atoms with E-state index < -0.39 is 0 Å². The van der Waals surface area contributed by atoms with Crippen LogP contribution < -0.4 is 10.1 Å². The zero-order chi connectivity index (χ0) is 12.1. The summed E-state index contributed by atoms with van der Waals surface area (Å²) >= 11 is 5.69. The molecule has 0 spiro atoms. The molecule has 2 rings (SSSR count). The molecule has 0 atom stereocenters. The standard InChI is InChI=1S/C13H14ClNO2/c1-16-12-5-3-2-4-10(12)8-15-9-11-6-7-13(14)17-11/h2-7,15H,8-9H2,1H3. The molecule has 4 heteroatoms. The van der Waals surface area contributed by atoms with Crippen LogP contribution >= 0.6 is 11.6 Å². The second-order valence-corrected chi connectivity index (χ2v) is 3.99. The van der Waals surface area contributed by atoms with Crippen molar-refractivity contribution in [2.24, 2.45) is 0 Å².